The van der Waals surface area contributed by atoms with Crippen LogP contribution in [-0.4, -0.2) is 33.6 Å². The average molecular weight is 395 g/mol. The molecule has 0 unspecified atom stereocenters. The van der Waals surface area contributed by atoms with Crippen LogP contribution in [-0.2, 0) is 24.3 Å². The number of hydrogen-bond acceptors (Lipinski definition) is 6. The lowest BCUT2D eigenvalue weighted by Crippen LogP contribution is -2.26. The summed E-state index contributed by atoms with van der Waals surface area (Å²) in [6.07, 6.45) is -1.15. The third-order valence-electron chi connectivity index (χ3n) is 3.67. The summed E-state index contributed by atoms with van der Waals surface area (Å²) in [6.45, 7) is 2.92. The van der Waals surface area contributed by atoms with Crippen LogP contribution < -0.4 is 4.72 Å². The van der Waals surface area contributed by atoms with Crippen LogP contribution in [0.5, 0.6) is 0 Å². The minimum atomic E-state index is -4.15. The number of rotatable bonds is 6. The highest BCUT2D eigenvalue weighted by molar-refractivity contribution is 7.92. The number of hydrogen-bond donors (Lipinski definition) is 1. The van der Waals surface area contributed by atoms with Gasteiger partial charge in [0.2, 0.25) is 0 Å². The van der Waals surface area contributed by atoms with Crippen molar-refractivity contribution in [1.29, 1.82) is 0 Å². The first-order chi connectivity index (χ1) is 12.7. The molecule has 27 heavy (non-hydrogen) atoms. The summed E-state index contributed by atoms with van der Waals surface area (Å²) in [6, 6.07) is 9.08. The second kappa shape index (κ2) is 8.17. The number of aryl methyl sites for hydroxylation is 1. The van der Waals surface area contributed by atoms with Crippen molar-refractivity contribution in [1.82, 2.24) is 0 Å². The van der Waals surface area contributed by atoms with Gasteiger partial charge in [-0.05, 0) is 43.7 Å². The van der Waals surface area contributed by atoms with E-state index in [2.05, 4.69) is 9.46 Å². The van der Waals surface area contributed by atoms with Gasteiger partial charge in [-0.3, -0.25) is 4.72 Å². The van der Waals surface area contributed by atoms with E-state index in [-0.39, 0.29) is 16.1 Å². The lowest BCUT2D eigenvalue weighted by molar-refractivity contribution is -0.149. The predicted molar refractivity (Wildman–Crippen MR) is 95.3 cm³/mol. The van der Waals surface area contributed by atoms with Gasteiger partial charge in [0.1, 0.15) is 5.82 Å². The van der Waals surface area contributed by atoms with Crippen molar-refractivity contribution in [3.8, 4) is 0 Å². The quantitative estimate of drug-likeness (QED) is 0.755. The minimum absolute atomic E-state index is 0.0397. The molecule has 0 aliphatic rings. The van der Waals surface area contributed by atoms with Crippen LogP contribution in [0.1, 0.15) is 22.8 Å². The zero-order valence-corrected chi connectivity index (χ0v) is 15.7. The topological polar surface area (TPSA) is 98.8 Å². The smallest absolute Gasteiger partial charge is 0.346 e. The molecule has 0 spiro atoms. The Kier molecular flexibility index (Phi) is 6.17. The molecule has 9 heteroatoms. The molecule has 2 aromatic rings. The molecule has 2 aromatic carbocycles. The fourth-order valence-corrected chi connectivity index (χ4v) is 3.27. The van der Waals surface area contributed by atoms with Crippen molar-refractivity contribution in [2.24, 2.45) is 0 Å². The number of para-hydroxylation sites is 1. The second-order valence-corrected chi connectivity index (χ2v) is 7.32. The Bertz CT molecular complexity index is 974. The van der Waals surface area contributed by atoms with Gasteiger partial charge in [0.15, 0.2) is 6.10 Å². The van der Waals surface area contributed by atoms with E-state index in [4.69, 9.17) is 4.74 Å². The number of carbonyl (C=O) groups is 2. The highest BCUT2D eigenvalue weighted by Gasteiger charge is 2.23. The summed E-state index contributed by atoms with van der Waals surface area (Å²) in [5.74, 6) is -2.36. The van der Waals surface area contributed by atoms with Crippen LogP contribution in [0, 0.1) is 12.7 Å². The molecule has 0 aliphatic heterocycles. The maximum Gasteiger partial charge on any atom is 0.346 e. The summed E-state index contributed by atoms with van der Waals surface area (Å²) in [5.41, 5.74) is 0.186. The van der Waals surface area contributed by atoms with Crippen molar-refractivity contribution in [3.63, 3.8) is 0 Å². The Morgan fingerprint density at radius 2 is 1.81 bits per heavy atom. The molecule has 2 rings (SSSR count). The van der Waals surface area contributed by atoms with Gasteiger partial charge in [-0.1, -0.05) is 18.2 Å². The molecule has 0 amide bonds. The van der Waals surface area contributed by atoms with Crippen molar-refractivity contribution < 1.29 is 31.9 Å². The molecule has 0 aliphatic carbocycles. The van der Waals surface area contributed by atoms with E-state index in [1.54, 1.807) is 6.92 Å². The molecular weight excluding hydrogens is 377 g/mol. The zero-order chi connectivity index (χ0) is 20.2. The lowest BCUT2D eigenvalue weighted by atomic mass is 10.1. The van der Waals surface area contributed by atoms with E-state index in [0.29, 0.717) is 5.56 Å². The molecule has 0 fully saturated rings. The second-order valence-electron chi connectivity index (χ2n) is 5.63. The van der Waals surface area contributed by atoms with Gasteiger partial charge in [0.05, 0.1) is 23.3 Å². The Hall–Kier alpha value is -2.94. The Morgan fingerprint density at radius 3 is 2.44 bits per heavy atom. The fourth-order valence-electron chi connectivity index (χ4n) is 2.17. The zero-order valence-electron chi connectivity index (χ0n) is 14.9. The number of esters is 2. The summed E-state index contributed by atoms with van der Waals surface area (Å²) in [7, 11) is -3.00. The fraction of sp³-hybridized carbons (Fsp3) is 0.222. The van der Waals surface area contributed by atoms with Crippen LogP contribution in [0.25, 0.3) is 0 Å². The van der Waals surface area contributed by atoms with Crippen molar-refractivity contribution in [2.45, 2.75) is 24.8 Å². The van der Waals surface area contributed by atoms with E-state index in [1.807, 2.05) is 0 Å². The number of halogens is 1. The normalized spacial score (nSPS) is 12.1. The number of methoxy groups -OCH3 is 1. The van der Waals surface area contributed by atoms with Crippen LogP contribution in [0.2, 0.25) is 0 Å². The van der Waals surface area contributed by atoms with Crippen molar-refractivity contribution >= 4 is 27.6 Å². The molecule has 1 atom stereocenters. The van der Waals surface area contributed by atoms with Gasteiger partial charge in [-0.2, -0.15) is 0 Å². The molecule has 1 N–H and O–H groups in total. The van der Waals surface area contributed by atoms with E-state index in [9.17, 15) is 22.4 Å². The van der Waals surface area contributed by atoms with E-state index in [0.717, 1.165) is 19.2 Å². The molecule has 7 nitrogen and oxygen atoms in total. The number of ether oxygens (including phenoxy) is 2. The Labute approximate surface area is 156 Å². The van der Waals surface area contributed by atoms with E-state index < -0.39 is 33.9 Å². The van der Waals surface area contributed by atoms with Crippen LogP contribution >= 0.6 is 0 Å². The van der Waals surface area contributed by atoms with E-state index in [1.165, 1.54) is 37.3 Å². The number of sulfonamides is 1. The van der Waals surface area contributed by atoms with Gasteiger partial charge in [-0.25, -0.2) is 22.4 Å². The average Bonchev–Trinajstić information content (AvgIpc) is 2.62. The minimum Gasteiger partial charge on any atom is -0.466 e. The summed E-state index contributed by atoms with van der Waals surface area (Å²) >= 11 is 0. The third-order valence-corrected chi connectivity index (χ3v) is 5.04. The molecule has 144 valence electrons. The van der Waals surface area contributed by atoms with Crippen LogP contribution in [0.4, 0.5) is 10.1 Å². The number of carbonyl (C=O) groups excluding carboxylic acids is 2. The van der Waals surface area contributed by atoms with E-state index >= 15 is 0 Å². The number of benzene rings is 2. The number of nitrogens with one attached hydrogen (secondary N) is 1. The standard InChI is InChI=1S/C18H18FNO6S/c1-11-8-9-13(10-14(11)18(22)26-12(2)17(21)25-3)27(23,24)20-16-7-5-4-6-15(16)19/h4-10,12,20H,1-3H3/t12-/m1/s1. The van der Waals surface area contributed by atoms with Gasteiger partial charge < -0.3 is 9.47 Å². The van der Waals surface area contributed by atoms with Crippen LogP contribution in [0.15, 0.2) is 47.4 Å². The SMILES string of the molecule is COC(=O)[C@@H](C)OC(=O)c1cc(S(=O)(=O)Nc2ccccc2F)ccc1C. The maximum atomic E-state index is 13.7. The highest BCUT2D eigenvalue weighted by atomic mass is 32.2. The Balaban J connectivity index is 2.32. The first-order valence-electron chi connectivity index (χ1n) is 7.82. The van der Waals surface area contributed by atoms with Crippen molar-refractivity contribution in [2.75, 3.05) is 11.8 Å². The van der Waals surface area contributed by atoms with Gasteiger partial charge in [-0.15, -0.1) is 0 Å². The van der Waals surface area contributed by atoms with Crippen molar-refractivity contribution in [3.05, 3.63) is 59.4 Å². The summed E-state index contributed by atoms with van der Waals surface area (Å²) in [5, 5.41) is 0. The van der Waals surface area contributed by atoms with Crippen LogP contribution in [0.3, 0.4) is 0 Å². The molecule has 0 saturated carbocycles. The number of anilines is 1. The highest BCUT2D eigenvalue weighted by Crippen LogP contribution is 2.22. The first-order valence-corrected chi connectivity index (χ1v) is 9.31. The largest absolute Gasteiger partial charge is 0.466 e. The molecule has 0 aromatic heterocycles. The maximum absolute atomic E-state index is 13.7. The predicted octanol–water partition coefficient (Wildman–Crippen LogP) is 2.65. The Morgan fingerprint density at radius 1 is 1.15 bits per heavy atom. The third kappa shape index (κ3) is 4.82. The molecule has 0 bridgehead atoms. The molecular formula is C18H18FNO6S. The monoisotopic (exact) mass is 395 g/mol. The molecule has 0 heterocycles. The van der Waals surface area contributed by atoms with Gasteiger partial charge in [0.25, 0.3) is 10.0 Å². The van der Waals surface area contributed by atoms with Gasteiger partial charge >= 0.3 is 11.9 Å². The lowest BCUT2D eigenvalue weighted by Gasteiger charge is -2.14. The molecule has 0 radical (unpaired) electrons. The molecule has 0 saturated heterocycles. The summed E-state index contributed by atoms with van der Waals surface area (Å²) in [4.78, 5) is 23.4. The first kappa shape index (κ1) is 20.4. The van der Waals surface area contributed by atoms with Gasteiger partial charge in [0, 0.05) is 0 Å². The summed E-state index contributed by atoms with van der Waals surface area (Å²) < 4.78 is 50.3.